The van der Waals surface area contributed by atoms with Crippen LogP contribution in [0.2, 0.25) is 0 Å². The molecule has 5 nitrogen and oxygen atoms in total. The number of piperidine rings is 1. The minimum Gasteiger partial charge on any atom is -0.342 e. The van der Waals surface area contributed by atoms with E-state index in [-0.39, 0.29) is 5.91 Å². The number of likely N-dealkylation sites (tertiary alicyclic amines) is 1. The number of rotatable bonds is 4. The van der Waals surface area contributed by atoms with Crippen LogP contribution in [0.5, 0.6) is 0 Å². The molecule has 0 unspecified atom stereocenters. The van der Waals surface area contributed by atoms with Crippen LogP contribution in [0.1, 0.15) is 29.9 Å². The van der Waals surface area contributed by atoms with E-state index in [1.807, 2.05) is 12.1 Å². The van der Waals surface area contributed by atoms with Gasteiger partial charge >= 0.3 is 0 Å². The van der Waals surface area contributed by atoms with Gasteiger partial charge in [-0.2, -0.15) is 0 Å². The number of carbonyl (C=O) groups is 1. The van der Waals surface area contributed by atoms with Crippen molar-refractivity contribution in [3.63, 3.8) is 0 Å². The average molecular weight is 310 g/mol. The minimum absolute atomic E-state index is 0.312. The third-order valence-corrected chi connectivity index (χ3v) is 5.35. The number of hydrogen-bond donors (Lipinski definition) is 1. The van der Waals surface area contributed by atoms with E-state index in [4.69, 9.17) is 0 Å². The van der Waals surface area contributed by atoms with Crippen LogP contribution >= 0.6 is 0 Å². The molecule has 116 valence electrons. The van der Waals surface area contributed by atoms with Crippen LogP contribution in [0, 0.1) is 6.92 Å². The van der Waals surface area contributed by atoms with Crippen LogP contribution < -0.4 is 4.72 Å². The fraction of sp³-hybridized carbons (Fsp3) is 0.533. The highest BCUT2D eigenvalue weighted by Crippen LogP contribution is 2.30. The second-order valence-electron chi connectivity index (χ2n) is 5.47. The van der Waals surface area contributed by atoms with Crippen molar-refractivity contribution >= 4 is 15.9 Å². The second-order valence-corrected chi connectivity index (χ2v) is 7.40. The van der Waals surface area contributed by atoms with Crippen molar-refractivity contribution in [3.8, 4) is 0 Å². The van der Waals surface area contributed by atoms with Crippen molar-refractivity contribution < 1.29 is 13.2 Å². The molecule has 6 heteroatoms. The molecule has 1 N–H and O–H groups in total. The predicted octanol–water partition coefficient (Wildman–Crippen LogP) is 1.25. The summed E-state index contributed by atoms with van der Waals surface area (Å²) in [6, 6.07) is 8.31. The molecule has 0 aromatic heterocycles. The Kier molecular flexibility index (Phi) is 5.00. The molecule has 21 heavy (non-hydrogen) atoms. The van der Waals surface area contributed by atoms with Crippen molar-refractivity contribution in [2.75, 3.05) is 25.9 Å². The minimum atomic E-state index is -3.48. The van der Waals surface area contributed by atoms with Gasteiger partial charge in [0, 0.05) is 13.1 Å². The van der Waals surface area contributed by atoms with Crippen LogP contribution in [-0.2, 0) is 14.8 Å². The molecule has 2 rings (SSSR count). The number of benzene rings is 1. The Morgan fingerprint density at radius 2 is 1.90 bits per heavy atom. The summed E-state index contributed by atoms with van der Waals surface area (Å²) in [7, 11) is -2.16. The Labute approximate surface area is 126 Å². The van der Waals surface area contributed by atoms with Crippen LogP contribution in [0.15, 0.2) is 24.3 Å². The first-order chi connectivity index (χ1) is 9.93. The number of aryl methyl sites for hydroxylation is 1. The van der Waals surface area contributed by atoms with E-state index < -0.39 is 15.8 Å². The van der Waals surface area contributed by atoms with Gasteiger partial charge in [0.2, 0.25) is 15.9 Å². The monoisotopic (exact) mass is 310 g/mol. The Bertz CT molecular complexity index is 605. The topological polar surface area (TPSA) is 66.5 Å². The van der Waals surface area contributed by atoms with E-state index in [1.54, 1.807) is 4.90 Å². The maximum absolute atomic E-state index is 12.0. The molecule has 1 aliphatic rings. The fourth-order valence-corrected chi connectivity index (χ4v) is 3.46. The Morgan fingerprint density at radius 1 is 1.29 bits per heavy atom. The van der Waals surface area contributed by atoms with Gasteiger partial charge in [0.25, 0.3) is 0 Å². The molecule has 0 spiro atoms. The summed E-state index contributed by atoms with van der Waals surface area (Å²) in [5, 5.41) is 0. The van der Waals surface area contributed by atoms with Gasteiger partial charge in [0.05, 0.1) is 0 Å². The predicted molar refractivity (Wildman–Crippen MR) is 82.6 cm³/mol. The van der Waals surface area contributed by atoms with Gasteiger partial charge in [0.1, 0.15) is 5.75 Å². The van der Waals surface area contributed by atoms with Gasteiger partial charge < -0.3 is 4.90 Å². The largest absolute Gasteiger partial charge is 0.342 e. The third kappa shape index (κ3) is 4.04. The van der Waals surface area contributed by atoms with Crippen molar-refractivity contribution in [2.24, 2.45) is 0 Å². The summed E-state index contributed by atoms with van der Waals surface area (Å²) in [5.74, 6) is -0.317. The molecule has 1 aromatic rings. The number of amides is 1. The van der Waals surface area contributed by atoms with E-state index in [0.717, 1.165) is 12.8 Å². The lowest BCUT2D eigenvalue weighted by molar-refractivity contribution is -0.129. The van der Waals surface area contributed by atoms with Crippen LogP contribution in [0.4, 0.5) is 0 Å². The summed E-state index contributed by atoms with van der Waals surface area (Å²) < 4.78 is 25.0. The highest BCUT2D eigenvalue weighted by Gasteiger charge is 2.26. The molecule has 1 saturated heterocycles. The molecule has 1 aliphatic heterocycles. The van der Waals surface area contributed by atoms with Crippen LogP contribution in [0.25, 0.3) is 0 Å². The third-order valence-electron chi connectivity index (χ3n) is 4.10. The number of nitrogens with zero attached hydrogens (tertiary/aromatic N) is 1. The molecule has 1 fully saturated rings. The van der Waals surface area contributed by atoms with Crippen molar-refractivity contribution in [3.05, 3.63) is 35.4 Å². The van der Waals surface area contributed by atoms with Gasteiger partial charge in [-0.05, 0) is 43.9 Å². The summed E-state index contributed by atoms with van der Waals surface area (Å²) in [6.45, 7) is 3.35. The van der Waals surface area contributed by atoms with Crippen molar-refractivity contribution in [1.82, 2.24) is 9.62 Å². The molecule has 0 bridgehead atoms. The first-order valence-electron chi connectivity index (χ1n) is 7.17. The Hall–Kier alpha value is -1.40. The zero-order valence-electron chi connectivity index (χ0n) is 12.5. The summed E-state index contributed by atoms with van der Waals surface area (Å²) >= 11 is 0. The maximum atomic E-state index is 12.0. The highest BCUT2D eigenvalue weighted by atomic mass is 32.2. The van der Waals surface area contributed by atoms with E-state index in [1.165, 1.54) is 18.2 Å². The summed E-state index contributed by atoms with van der Waals surface area (Å²) in [6.07, 6.45) is 1.77. The van der Waals surface area contributed by atoms with E-state index in [0.29, 0.717) is 19.0 Å². The summed E-state index contributed by atoms with van der Waals surface area (Å²) in [4.78, 5) is 13.6. The summed E-state index contributed by atoms with van der Waals surface area (Å²) in [5.41, 5.74) is 2.62. The molecule has 0 atom stereocenters. The smallest absolute Gasteiger partial charge is 0.239 e. The van der Waals surface area contributed by atoms with Crippen LogP contribution in [0.3, 0.4) is 0 Å². The lowest BCUT2D eigenvalue weighted by Crippen LogP contribution is -2.42. The fourth-order valence-electron chi connectivity index (χ4n) is 2.81. The van der Waals surface area contributed by atoms with Gasteiger partial charge in [0.15, 0.2) is 0 Å². The lowest BCUT2D eigenvalue weighted by atomic mass is 9.87. The first-order valence-corrected chi connectivity index (χ1v) is 8.82. The second kappa shape index (κ2) is 6.58. The van der Waals surface area contributed by atoms with E-state index >= 15 is 0 Å². The molecule has 1 amide bonds. The van der Waals surface area contributed by atoms with Crippen LogP contribution in [-0.4, -0.2) is 45.1 Å². The molecule has 1 aromatic carbocycles. The number of hydrogen-bond acceptors (Lipinski definition) is 3. The van der Waals surface area contributed by atoms with Gasteiger partial charge in [-0.25, -0.2) is 13.1 Å². The Morgan fingerprint density at radius 3 is 2.48 bits per heavy atom. The molecule has 1 heterocycles. The number of carbonyl (C=O) groups excluding carboxylic acids is 1. The number of nitrogens with one attached hydrogen (secondary N) is 1. The van der Waals surface area contributed by atoms with Gasteiger partial charge in [-0.3, -0.25) is 4.79 Å². The van der Waals surface area contributed by atoms with Gasteiger partial charge in [-0.15, -0.1) is 0 Å². The SMILES string of the molecule is CNS(=O)(=O)CC(=O)N1CCC(c2ccccc2C)CC1. The first kappa shape index (κ1) is 16.0. The maximum Gasteiger partial charge on any atom is 0.239 e. The molecular weight excluding hydrogens is 288 g/mol. The normalized spacial score (nSPS) is 17.0. The van der Waals surface area contributed by atoms with E-state index in [9.17, 15) is 13.2 Å². The molecule has 0 saturated carbocycles. The average Bonchev–Trinajstić information content (AvgIpc) is 2.47. The zero-order chi connectivity index (χ0) is 15.5. The molecule has 0 aliphatic carbocycles. The molecular formula is C15H22N2O3S. The Balaban J connectivity index is 1.95. The standard InChI is InChI=1S/C15H22N2O3S/c1-12-5-3-4-6-14(12)13-7-9-17(10-8-13)15(18)11-21(19,20)16-2/h3-6,13,16H,7-11H2,1-2H3. The lowest BCUT2D eigenvalue weighted by Gasteiger charge is -2.32. The number of sulfonamides is 1. The molecule has 0 radical (unpaired) electrons. The highest BCUT2D eigenvalue weighted by molar-refractivity contribution is 7.90. The zero-order valence-corrected chi connectivity index (χ0v) is 13.3. The van der Waals surface area contributed by atoms with Crippen molar-refractivity contribution in [1.29, 1.82) is 0 Å². The quantitative estimate of drug-likeness (QED) is 0.910. The van der Waals surface area contributed by atoms with E-state index in [2.05, 4.69) is 23.8 Å². The van der Waals surface area contributed by atoms with Crippen molar-refractivity contribution in [2.45, 2.75) is 25.7 Å². The van der Waals surface area contributed by atoms with Gasteiger partial charge in [-0.1, -0.05) is 24.3 Å².